The van der Waals surface area contributed by atoms with Gasteiger partial charge in [-0.2, -0.15) is 10.4 Å². The lowest BCUT2D eigenvalue weighted by molar-refractivity contribution is 0.0625. The smallest absolute Gasteiger partial charge is 0.274 e. The summed E-state index contributed by atoms with van der Waals surface area (Å²) in [5.41, 5.74) is 3.38. The minimum atomic E-state index is 0.0325. The van der Waals surface area contributed by atoms with Crippen LogP contribution in [0.25, 0.3) is 0 Å². The van der Waals surface area contributed by atoms with Crippen LogP contribution < -0.4 is 9.47 Å². The molecule has 0 radical (unpaired) electrons. The van der Waals surface area contributed by atoms with Crippen LogP contribution in [0.15, 0.2) is 18.2 Å². The van der Waals surface area contributed by atoms with Crippen LogP contribution in [0, 0.1) is 17.2 Å². The maximum Gasteiger partial charge on any atom is 0.274 e. The summed E-state index contributed by atoms with van der Waals surface area (Å²) < 4.78 is 11.3. The van der Waals surface area contributed by atoms with Gasteiger partial charge in [-0.3, -0.25) is 9.89 Å². The third-order valence-corrected chi connectivity index (χ3v) is 5.83. The SMILES string of the molecule is COc1cc(C#N)ccc1OCC1CCCN(C(=O)c2n[nH]c3c2CCCC3)C1. The second kappa shape index (κ2) is 8.56. The molecule has 1 amide bonds. The molecule has 4 rings (SSSR count). The number of H-pyrrole nitrogens is 1. The van der Waals surface area contributed by atoms with E-state index in [0.29, 0.717) is 35.9 Å². The van der Waals surface area contributed by atoms with Crippen LogP contribution in [0.2, 0.25) is 0 Å². The number of ether oxygens (including phenoxy) is 2. The van der Waals surface area contributed by atoms with Crippen molar-refractivity contribution in [2.75, 3.05) is 26.8 Å². The second-order valence-electron chi connectivity index (χ2n) is 7.78. The maximum absolute atomic E-state index is 13.1. The lowest BCUT2D eigenvalue weighted by Crippen LogP contribution is -2.42. The molecule has 2 heterocycles. The lowest BCUT2D eigenvalue weighted by Gasteiger charge is -2.32. The number of nitrogens with one attached hydrogen (secondary N) is 1. The van der Waals surface area contributed by atoms with Crippen molar-refractivity contribution in [3.05, 3.63) is 40.7 Å². The monoisotopic (exact) mass is 394 g/mol. The summed E-state index contributed by atoms with van der Waals surface area (Å²) in [5.74, 6) is 1.46. The Hall–Kier alpha value is -3.01. The highest BCUT2D eigenvalue weighted by molar-refractivity contribution is 5.94. The topological polar surface area (TPSA) is 91.2 Å². The molecule has 1 aliphatic carbocycles. The first-order valence-corrected chi connectivity index (χ1v) is 10.3. The number of likely N-dealkylation sites (tertiary alicyclic amines) is 1. The number of nitriles is 1. The molecule has 152 valence electrons. The van der Waals surface area contributed by atoms with E-state index >= 15 is 0 Å². The molecule has 7 nitrogen and oxygen atoms in total. The third-order valence-electron chi connectivity index (χ3n) is 5.83. The van der Waals surface area contributed by atoms with Gasteiger partial charge < -0.3 is 14.4 Å². The Morgan fingerprint density at radius 1 is 1.31 bits per heavy atom. The Balaban J connectivity index is 1.39. The third kappa shape index (κ3) is 4.07. The molecule has 1 aromatic heterocycles. The van der Waals surface area contributed by atoms with Crippen molar-refractivity contribution >= 4 is 5.91 Å². The summed E-state index contributed by atoms with van der Waals surface area (Å²) in [5, 5.41) is 16.4. The van der Waals surface area contributed by atoms with Gasteiger partial charge in [0.2, 0.25) is 0 Å². The molecule has 2 aromatic rings. The summed E-state index contributed by atoms with van der Waals surface area (Å²) in [7, 11) is 1.56. The van der Waals surface area contributed by atoms with Crippen molar-refractivity contribution in [1.29, 1.82) is 5.26 Å². The number of carbonyl (C=O) groups excluding carboxylic acids is 1. The van der Waals surface area contributed by atoms with E-state index in [-0.39, 0.29) is 11.8 Å². The number of amides is 1. The van der Waals surface area contributed by atoms with E-state index in [1.54, 1.807) is 25.3 Å². The number of piperidine rings is 1. The van der Waals surface area contributed by atoms with E-state index in [9.17, 15) is 4.79 Å². The van der Waals surface area contributed by atoms with Crippen molar-refractivity contribution in [3.63, 3.8) is 0 Å². The molecule has 29 heavy (non-hydrogen) atoms. The van der Waals surface area contributed by atoms with Gasteiger partial charge in [-0.25, -0.2) is 0 Å². The first-order valence-electron chi connectivity index (χ1n) is 10.3. The fourth-order valence-electron chi connectivity index (χ4n) is 4.26. The molecule has 0 spiro atoms. The normalized spacial score (nSPS) is 18.6. The predicted octanol–water partition coefficient (Wildman–Crippen LogP) is 3.10. The Labute approximate surface area is 170 Å². The number of rotatable bonds is 5. The Morgan fingerprint density at radius 3 is 3.00 bits per heavy atom. The molecule has 1 aromatic carbocycles. The fraction of sp³-hybridized carbons (Fsp3) is 0.500. The first kappa shape index (κ1) is 19.3. The quantitative estimate of drug-likeness (QED) is 0.841. The largest absolute Gasteiger partial charge is 0.493 e. The number of methoxy groups -OCH3 is 1. The number of benzene rings is 1. The number of hydrogen-bond donors (Lipinski definition) is 1. The second-order valence-corrected chi connectivity index (χ2v) is 7.78. The number of aryl methyl sites for hydroxylation is 1. The highest BCUT2D eigenvalue weighted by Gasteiger charge is 2.29. The van der Waals surface area contributed by atoms with Gasteiger partial charge in [0, 0.05) is 36.3 Å². The van der Waals surface area contributed by atoms with Gasteiger partial charge in [0.15, 0.2) is 17.2 Å². The van der Waals surface area contributed by atoms with E-state index in [1.165, 1.54) is 0 Å². The number of hydrogen-bond acceptors (Lipinski definition) is 5. The molecular formula is C22H26N4O3. The molecule has 2 aliphatic rings. The van der Waals surface area contributed by atoms with E-state index in [0.717, 1.165) is 56.3 Å². The van der Waals surface area contributed by atoms with E-state index < -0.39 is 0 Å². The van der Waals surface area contributed by atoms with Gasteiger partial charge in [-0.15, -0.1) is 0 Å². The van der Waals surface area contributed by atoms with E-state index in [1.807, 2.05) is 4.90 Å². The molecule has 0 saturated carbocycles. The summed E-state index contributed by atoms with van der Waals surface area (Å²) in [6.07, 6.45) is 6.17. The van der Waals surface area contributed by atoms with E-state index in [2.05, 4.69) is 16.3 Å². The number of aromatic nitrogens is 2. The predicted molar refractivity (Wildman–Crippen MR) is 107 cm³/mol. The summed E-state index contributed by atoms with van der Waals surface area (Å²) >= 11 is 0. The van der Waals surface area contributed by atoms with Crippen LogP contribution >= 0.6 is 0 Å². The number of fused-ring (bicyclic) bond motifs is 1. The van der Waals surface area contributed by atoms with Crippen LogP contribution in [0.4, 0.5) is 0 Å². The average molecular weight is 394 g/mol. The molecule has 1 N–H and O–H groups in total. The molecule has 1 saturated heterocycles. The van der Waals surface area contributed by atoms with E-state index in [4.69, 9.17) is 14.7 Å². The zero-order valence-corrected chi connectivity index (χ0v) is 16.7. The van der Waals surface area contributed by atoms with Crippen LogP contribution in [-0.2, 0) is 12.8 Å². The molecular weight excluding hydrogens is 368 g/mol. The minimum absolute atomic E-state index is 0.0325. The molecule has 1 fully saturated rings. The maximum atomic E-state index is 13.1. The number of carbonyl (C=O) groups is 1. The first-order chi connectivity index (χ1) is 14.2. The minimum Gasteiger partial charge on any atom is -0.493 e. The number of nitrogens with zero attached hydrogens (tertiary/aromatic N) is 3. The standard InChI is InChI=1S/C22H26N4O3/c1-28-20-11-15(12-23)8-9-19(20)29-14-16-5-4-10-26(13-16)22(27)21-17-6-2-3-7-18(17)24-25-21/h8-9,11,16H,2-7,10,13-14H2,1H3,(H,24,25). The van der Waals surface area contributed by atoms with Crippen LogP contribution in [0.3, 0.4) is 0 Å². The lowest BCUT2D eigenvalue weighted by atomic mass is 9.94. The van der Waals surface area contributed by atoms with Crippen molar-refractivity contribution in [2.24, 2.45) is 5.92 Å². The molecule has 1 aliphatic heterocycles. The highest BCUT2D eigenvalue weighted by atomic mass is 16.5. The zero-order chi connectivity index (χ0) is 20.2. The molecule has 7 heteroatoms. The molecule has 1 atom stereocenters. The van der Waals surface area contributed by atoms with Gasteiger partial charge in [0.05, 0.1) is 25.3 Å². The van der Waals surface area contributed by atoms with Crippen molar-refractivity contribution in [1.82, 2.24) is 15.1 Å². The van der Waals surface area contributed by atoms with Crippen LogP contribution in [0.5, 0.6) is 11.5 Å². The Morgan fingerprint density at radius 2 is 2.17 bits per heavy atom. The van der Waals surface area contributed by atoms with Gasteiger partial charge in [0.25, 0.3) is 5.91 Å². The van der Waals surface area contributed by atoms with Crippen LogP contribution in [-0.4, -0.2) is 47.8 Å². The van der Waals surface area contributed by atoms with Gasteiger partial charge in [-0.1, -0.05) is 0 Å². The Bertz CT molecular complexity index is 931. The Kier molecular flexibility index (Phi) is 5.70. The molecule has 0 bridgehead atoms. The average Bonchev–Trinajstić information content (AvgIpc) is 3.21. The van der Waals surface area contributed by atoms with Gasteiger partial charge in [-0.05, 0) is 50.7 Å². The molecule has 1 unspecified atom stereocenters. The van der Waals surface area contributed by atoms with Crippen LogP contribution in [0.1, 0.15) is 53.0 Å². The summed E-state index contributed by atoms with van der Waals surface area (Å²) in [6, 6.07) is 7.25. The van der Waals surface area contributed by atoms with Gasteiger partial charge in [0.1, 0.15) is 0 Å². The van der Waals surface area contributed by atoms with Crippen molar-refractivity contribution in [2.45, 2.75) is 38.5 Å². The fourth-order valence-corrected chi connectivity index (χ4v) is 4.26. The zero-order valence-electron chi connectivity index (χ0n) is 16.7. The summed E-state index contributed by atoms with van der Waals surface area (Å²) in [6.45, 7) is 1.93. The highest BCUT2D eigenvalue weighted by Crippen LogP contribution is 2.30. The van der Waals surface area contributed by atoms with Gasteiger partial charge >= 0.3 is 0 Å². The van der Waals surface area contributed by atoms with Crippen molar-refractivity contribution < 1.29 is 14.3 Å². The summed E-state index contributed by atoms with van der Waals surface area (Å²) in [4.78, 5) is 15.0. The van der Waals surface area contributed by atoms with Crippen molar-refractivity contribution in [3.8, 4) is 17.6 Å². The number of aromatic amines is 1.